The summed E-state index contributed by atoms with van der Waals surface area (Å²) in [6, 6.07) is 8.52. The molecule has 1 aromatic rings. The van der Waals surface area contributed by atoms with Crippen LogP contribution < -0.4 is 4.90 Å². The van der Waals surface area contributed by atoms with Crippen molar-refractivity contribution in [2.45, 2.75) is 19.8 Å². The monoisotopic (exact) mass is 262 g/mol. The molecule has 0 spiro atoms. The SMILES string of the molecule is COC(=O)N1CCN(c2ccccc2C(C)C)CC1. The molecule has 0 bridgehead atoms. The molecule has 1 aliphatic rings. The molecule has 1 heterocycles. The maximum Gasteiger partial charge on any atom is 0.409 e. The fraction of sp³-hybridized carbons (Fsp3) is 0.533. The van der Waals surface area contributed by atoms with E-state index in [0.29, 0.717) is 5.92 Å². The third-order valence-electron chi connectivity index (χ3n) is 3.61. The number of para-hydroxylation sites is 1. The molecular formula is C15H22N2O2. The van der Waals surface area contributed by atoms with Gasteiger partial charge in [-0.3, -0.25) is 0 Å². The highest BCUT2D eigenvalue weighted by Gasteiger charge is 2.23. The van der Waals surface area contributed by atoms with Crippen LogP contribution in [-0.4, -0.2) is 44.3 Å². The molecule has 0 atom stereocenters. The average molecular weight is 262 g/mol. The summed E-state index contributed by atoms with van der Waals surface area (Å²) in [5.74, 6) is 0.509. The number of methoxy groups -OCH3 is 1. The van der Waals surface area contributed by atoms with Gasteiger partial charge < -0.3 is 14.5 Å². The van der Waals surface area contributed by atoms with Crippen molar-refractivity contribution in [1.82, 2.24) is 4.90 Å². The molecule has 0 N–H and O–H groups in total. The second kappa shape index (κ2) is 5.95. The second-order valence-electron chi connectivity index (χ2n) is 5.16. The van der Waals surface area contributed by atoms with E-state index < -0.39 is 0 Å². The zero-order valence-electron chi connectivity index (χ0n) is 11.9. The van der Waals surface area contributed by atoms with Crippen LogP contribution in [-0.2, 0) is 4.74 Å². The van der Waals surface area contributed by atoms with Gasteiger partial charge in [-0.25, -0.2) is 4.79 Å². The molecule has 4 nitrogen and oxygen atoms in total. The van der Waals surface area contributed by atoms with E-state index in [-0.39, 0.29) is 6.09 Å². The van der Waals surface area contributed by atoms with Crippen molar-refractivity contribution >= 4 is 11.8 Å². The van der Waals surface area contributed by atoms with Crippen molar-refractivity contribution in [2.24, 2.45) is 0 Å². The molecule has 104 valence electrons. The topological polar surface area (TPSA) is 32.8 Å². The Kier molecular flexibility index (Phi) is 4.30. The van der Waals surface area contributed by atoms with Crippen molar-refractivity contribution in [1.29, 1.82) is 0 Å². The van der Waals surface area contributed by atoms with Gasteiger partial charge >= 0.3 is 6.09 Å². The second-order valence-corrected chi connectivity index (χ2v) is 5.16. The van der Waals surface area contributed by atoms with Crippen molar-refractivity contribution < 1.29 is 9.53 Å². The van der Waals surface area contributed by atoms with Crippen molar-refractivity contribution in [3.63, 3.8) is 0 Å². The minimum atomic E-state index is -0.225. The molecule has 1 amide bonds. The fourth-order valence-corrected chi connectivity index (χ4v) is 2.52. The van der Waals surface area contributed by atoms with Gasteiger partial charge in [0.15, 0.2) is 0 Å². The summed E-state index contributed by atoms with van der Waals surface area (Å²) < 4.78 is 4.76. The molecule has 2 rings (SSSR count). The number of ether oxygens (including phenoxy) is 1. The number of nitrogens with zero attached hydrogens (tertiary/aromatic N) is 2. The Morgan fingerprint density at radius 3 is 2.37 bits per heavy atom. The molecule has 0 unspecified atom stereocenters. The Morgan fingerprint density at radius 1 is 1.16 bits per heavy atom. The van der Waals surface area contributed by atoms with Gasteiger partial charge in [0, 0.05) is 31.9 Å². The summed E-state index contributed by atoms with van der Waals surface area (Å²) in [6.07, 6.45) is -0.225. The normalized spacial score (nSPS) is 15.8. The highest BCUT2D eigenvalue weighted by molar-refractivity contribution is 5.68. The van der Waals surface area contributed by atoms with Crippen LogP contribution in [0.15, 0.2) is 24.3 Å². The highest BCUT2D eigenvalue weighted by Crippen LogP contribution is 2.28. The number of carbonyl (C=O) groups excluding carboxylic acids is 1. The average Bonchev–Trinajstić information content (AvgIpc) is 2.46. The van der Waals surface area contributed by atoms with Crippen LogP contribution in [0.1, 0.15) is 25.3 Å². The first-order valence-electron chi connectivity index (χ1n) is 6.80. The predicted molar refractivity (Wildman–Crippen MR) is 76.7 cm³/mol. The maximum absolute atomic E-state index is 11.5. The minimum Gasteiger partial charge on any atom is -0.453 e. The van der Waals surface area contributed by atoms with Gasteiger partial charge in [0.1, 0.15) is 0 Å². The first-order valence-corrected chi connectivity index (χ1v) is 6.80. The third-order valence-corrected chi connectivity index (χ3v) is 3.61. The number of benzene rings is 1. The largest absolute Gasteiger partial charge is 0.453 e. The molecule has 1 aromatic carbocycles. The minimum absolute atomic E-state index is 0.225. The van der Waals surface area contributed by atoms with E-state index in [2.05, 4.69) is 43.0 Å². The summed E-state index contributed by atoms with van der Waals surface area (Å²) in [5.41, 5.74) is 2.66. The number of hydrogen-bond acceptors (Lipinski definition) is 3. The standard InChI is InChI=1S/C15H22N2O2/c1-12(2)13-6-4-5-7-14(13)16-8-10-17(11-9-16)15(18)19-3/h4-7,12H,8-11H2,1-3H3. The number of carbonyl (C=O) groups is 1. The van der Waals surface area contributed by atoms with Gasteiger partial charge in [0.25, 0.3) is 0 Å². The van der Waals surface area contributed by atoms with E-state index in [1.54, 1.807) is 4.90 Å². The first kappa shape index (κ1) is 13.7. The van der Waals surface area contributed by atoms with Crippen LogP contribution in [0.4, 0.5) is 10.5 Å². The summed E-state index contributed by atoms with van der Waals surface area (Å²) >= 11 is 0. The highest BCUT2D eigenvalue weighted by atomic mass is 16.5. The number of piperazine rings is 1. The van der Waals surface area contributed by atoms with E-state index in [1.807, 2.05) is 0 Å². The molecule has 0 aromatic heterocycles. The lowest BCUT2D eigenvalue weighted by Gasteiger charge is -2.36. The zero-order chi connectivity index (χ0) is 13.8. The Balaban J connectivity index is 2.08. The van der Waals surface area contributed by atoms with Gasteiger partial charge in [-0.05, 0) is 17.5 Å². The van der Waals surface area contributed by atoms with Gasteiger partial charge in [0.05, 0.1) is 7.11 Å². The lowest BCUT2D eigenvalue weighted by molar-refractivity contribution is 0.121. The first-order chi connectivity index (χ1) is 9.13. The fourth-order valence-electron chi connectivity index (χ4n) is 2.52. The molecular weight excluding hydrogens is 240 g/mol. The molecule has 1 aliphatic heterocycles. The van der Waals surface area contributed by atoms with Crippen molar-refractivity contribution in [2.75, 3.05) is 38.2 Å². The van der Waals surface area contributed by atoms with Gasteiger partial charge in [-0.15, -0.1) is 0 Å². The number of anilines is 1. The lowest BCUT2D eigenvalue weighted by atomic mass is 10.00. The molecule has 0 radical (unpaired) electrons. The van der Waals surface area contributed by atoms with Gasteiger partial charge in [-0.2, -0.15) is 0 Å². The van der Waals surface area contributed by atoms with Crippen molar-refractivity contribution in [3.05, 3.63) is 29.8 Å². The molecule has 0 aliphatic carbocycles. The number of hydrogen-bond donors (Lipinski definition) is 0. The molecule has 1 saturated heterocycles. The predicted octanol–water partition coefficient (Wildman–Crippen LogP) is 2.70. The summed E-state index contributed by atoms with van der Waals surface area (Å²) in [6.45, 7) is 7.59. The molecule has 0 saturated carbocycles. The molecule has 1 fully saturated rings. The molecule has 19 heavy (non-hydrogen) atoms. The van der Waals surface area contributed by atoms with Crippen LogP contribution >= 0.6 is 0 Å². The zero-order valence-corrected chi connectivity index (χ0v) is 11.9. The Labute approximate surface area is 115 Å². The van der Waals surface area contributed by atoms with E-state index >= 15 is 0 Å². The van der Waals surface area contributed by atoms with Crippen LogP contribution in [0.25, 0.3) is 0 Å². The van der Waals surface area contributed by atoms with E-state index in [9.17, 15) is 4.79 Å². The van der Waals surface area contributed by atoms with Crippen molar-refractivity contribution in [3.8, 4) is 0 Å². The Morgan fingerprint density at radius 2 is 1.79 bits per heavy atom. The van der Waals surface area contributed by atoms with Gasteiger partial charge in [0.2, 0.25) is 0 Å². The Hall–Kier alpha value is -1.71. The number of amides is 1. The quantitative estimate of drug-likeness (QED) is 0.821. The van der Waals surface area contributed by atoms with E-state index in [0.717, 1.165) is 26.2 Å². The summed E-state index contributed by atoms with van der Waals surface area (Å²) in [7, 11) is 1.43. The smallest absolute Gasteiger partial charge is 0.409 e. The maximum atomic E-state index is 11.5. The van der Waals surface area contributed by atoms with Crippen LogP contribution in [0, 0.1) is 0 Å². The summed E-state index contributed by atoms with van der Waals surface area (Å²) in [5, 5.41) is 0. The van der Waals surface area contributed by atoms with E-state index in [4.69, 9.17) is 4.74 Å². The van der Waals surface area contributed by atoms with Gasteiger partial charge in [-0.1, -0.05) is 32.0 Å². The van der Waals surface area contributed by atoms with Crippen LogP contribution in [0.2, 0.25) is 0 Å². The third kappa shape index (κ3) is 3.00. The van der Waals surface area contributed by atoms with Crippen LogP contribution in [0.5, 0.6) is 0 Å². The Bertz CT molecular complexity index is 438. The van der Waals surface area contributed by atoms with E-state index in [1.165, 1.54) is 18.4 Å². The van der Waals surface area contributed by atoms with Crippen LogP contribution in [0.3, 0.4) is 0 Å². The molecule has 4 heteroatoms. The number of rotatable bonds is 2. The lowest BCUT2D eigenvalue weighted by Crippen LogP contribution is -2.49. The summed E-state index contributed by atoms with van der Waals surface area (Å²) in [4.78, 5) is 15.6.